The van der Waals surface area contributed by atoms with Gasteiger partial charge in [0.15, 0.2) is 9.84 Å². The molecule has 0 atom stereocenters. The standard InChI is InChI=1S/C20H19F3N2O4S/c1-30(27,28)15-4-5-18(29-11-12-2-3-12)16(7-15)19(26)25-9-13-6-14(20(21,22)23)8-24-17(13)10-25/h4-8,12H,2-3,9-11H2,1H3. The molecule has 1 fully saturated rings. The molecule has 0 N–H and O–H groups in total. The second-order valence-electron chi connectivity index (χ2n) is 7.67. The summed E-state index contributed by atoms with van der Waals surface area (Å²) in [6.07, 6.45) is -0.650. The van der Waals surface area contributed by atoms with Gasteiger partial charge in [0.2, 0.25) is 0 Å². The summed E-state index contributed by atoms with van der Waals surface area (Å²) < 4.78 is 68.5. The molecule has 2 aromatic rings. The van der Waals surface area contributed by atoms with Gasteiger partial charge in [0.05, 0.1) is 34.9 Å². The van der Waals surface area contributed by atoms with Gasteiger partial charge in [-0.15, -0.1) is 0 Å². The van der Waals surface area contributed by atoms with Crippen molar-refractivity contribution >= 4 is 15.7 Å². The number of aromatic nitrogens is 1. The van der Waals surface area contributed by atoms with Gasteiger partial charge in [-0.05, 0) is 48.6 Å². The maximum absolute atomic E-state index is 13.2. The average Bonchev–Trinajstić information content (AvgIpc) is 3.40. The Hall–Kier alpha value is -2.62. The molecule has 160 valence electrons. The number of amides is 1. The third-order valence-electron chi connectivity index (χ3n) is 5.16. The molecule has 1 aromatic carbocycles. The van der Waals surface area contributed by atoms with E-state index in [9.17, 15) is 26.4 Å². The summed E-state index contributed by atoms with van der Waals surface area (Å²) in [6.45, 7) is 0.420. The summed E-state index contributed by atoms with van der Waals surface area (Å²) in [5.74, 6) is 0.167. The largest absolute Gasteiger partial charge is 0.492 e. The van der Waals surface area contributed by atoms with Gasteiger partial charge in [0, 0.05) is 19.0 Å². The number of sulfone groups is 1. The van der Waals surface area contributed by atoms with E-state index in [0.717, 1.165) is 31.4 Å². The SMILES string of the molecule is CS(=O)(=O)c1ccc(OCC2CC2)c(C(=O)N2Cc3cc(C(F)(F)F)cnc3C2)c1. The van der Waals surface area contributed by atoms with Crippen LogP contribution < -0.4 is 4.74 Å². The van der Waals surface area contributed by atoms with Crippen molar-refractivity contribution < 1.29 is 31.1 Å². The maximum Gasteiger partial charge on any atom is 0.417 e. The van der Waals surface area contributed by atoms with Crippen molar-refractivity contribution in [2.45, 2.75) is 37.0 Å². The Morgan fingerprint density at radius 2 is 1.97 bits per heavy atom. The van der Waals surface area contributed by atoms with Gasteiger partial charge in [-0.25, -0.2) is 8.42 Å². The zero-order chi connectivity index (χ0) is 21.7. The summed E-state index contributed by atoms with van der Waals surface area (Å²) in [7, 11) is -3.56. The topological polar surface area (TPSA) is 76.6 Å². The van der Waals surface area contributed by atoms with Crippen LogP contribution >= 0.6 is 0 Å². The first kappa shape index (κ1) is 20.6. The van der Waals surface area contributed by atoms with Crippen LogP contribution in [0.1, 0.15) is 40.0 Å². The van der Waals surface area contributed by atoms with E-state index in [1.54, 1.807) is 0 Å². The van der Waals surface area contributed by atoms with E-state index >= 15 is 0 Å². The molecule has 2 aliphatic rings. The van der Waals surface area contributed by atoms with Gasteiger partial charge in [-0.3, -0.25) is 9.78 Å². The van der Waals surface area contributed by atoms with Gasteiger partial charge in [0.25, 0.3) is 5.91 Å². The molecule has 6 nitrogen and oxygen atoms in total. The van der Waals surface area contributed by atoms with Crippen LogP contribution in [-0.4, -0.2) is 37.1 Å². The molecular weight excluding hydrogens is 421 g/mol. The summed E-state index contributed by atoms with van der Waals surface area (Å²) in [5, 5.41) is 0. The lowest BCUT2D eigenvalue weighted by Gasteiger charge is -2.18. The van der Waals surface area contributed by atoms with Gasteiger partial charge < -0.3 is 9.64 Å². The number of halogens is 3. The summed E-state index contributed by atoms with van der Waals surface area (Å²) in [6, 6.07) is 5.09. The Morgan fingerprint density at radius 3 is 2.60 bits per heavy atom. The Labute approximate surface area is 171 Å². The summed E-state index contributed by atoms with van der Waals surface area (Å²) in [4.78, 5) is 18.3. The van der Waals surface area contributed by atoms with Crippen LogP contribution in [0.3, 0.4) is 0 Å². The smallest absolute Gasteiger partial charge is 0.417 e. The van der Waals surface area contributed by atoms with Crippen molar-refractivity contribution in [1.29, 1.82) is 0 Å². The van der Waals surface area contributed by atoms with E-state index in [1.807, 2.05) is 0 Å². The zero-order valence-electron chi connectivity index (χ0n) is 16.1. The molecule has 2 heterocycles. The van der Waals surface area contributed by atoms with E-state index in [0.29, 0.717) is 23.8 Å². The lowest BCUT2D eigenvalue weighted by atomic mass is 10.1. The predicted octanol–water partition coefficient (Wildman–Crippen LogP) is 3.45. The lowest BCUT2D eigenvalue weighted by Crippen LogP contribution is -2.26. The molecule has 4 rings (SSSR count). The first-order chi connectivity index (χ1) is 14.0. The number of hydrogen-bond acceptors (Lipinski definition) is 5. The van der Waals surface area contributed by atoms with E-state index < -0.39 is 27.5 Å². The Kier molecular flexibility index (Phi) is 5.00. The minimum absolute atomic E-state index is 0.0289. The first-order valence-electron chi connectivity index (χ1n) is 9.33. The van der Waals surface area contributed by atoms with Gasteiger partial charge >= 0.3 is 6.18 Å². The molecule has 0 radical (unpaired) electrons. The van der Waals surface area contributed by atoms with Crippen LogP contribution in [0, 0.1) is 5.92 Å². The van der Waals surface area contributed by atoms with Gasteiger partial charge in [0.1, 0.15) is 5.75 Å². The second kappa shape index (κ2) is 7.26. The third kappa shape index (κ3) is 4.28. The second-order valence-corrected chi connectivity index (χ2v) is 9.69. The van der Waals surface area contributed by atoms with Crippen LogP contribution in [0.25, 0.3) is 0 Å². The molecule has 1 saturated carbocycles. The Morgan fingerprint density at radius 1 is 1.23 bits per heavy atom. The number of rotatable bonds is 5. The number of benzene rings is 1. The minimum Gasteiger partial charge on any atom is -0.492 e. The number of alkyl halides is 3. The highest BCUT2D eigenvalue weighted by atomic mass is 32.2. The van der Waals surface area contributed by atoms with Crippen LogP contribution in [0.15, 0.2) is 35.4 Å². The molecule has 10 heteroatoms. The third-order valence-corrected chi connectivity index (χ3v) is 6.27. The number of hydrogen-bond donors (Lipinski definition) is 0. The van der Waals surface area contributed by atoms with Crippen LogP contribution in [0.4, 0.5) is 13.2 Å². The van der Waals surface area contributed by atoms with E-state index in [1.165, 1.54) is 23.1 Å². The molecule has 0 bridgehead atoms. The van der Waals surface area contributed by atoms with Crippen molar-refractivity contribution in [3.8, 4) is 5.75 Å². The van der Waals surface area contributed by atoms with Crippen molar-refractivity contribution in [2.75, 3.05) is 12.9 Å². The first-order valence-corrected chi connectivity index (χ1v) is 11.2. The van der Waals surface area contributed by atoms with Crippen molar-refractivity contribution in [2.24, 2.45) is 5.92 Å². The number of ether oxygens (including phenoxy) is 1. The van der Waals surface area contributed by atoms with Crippen molar-refractivity contribution in [1.82, 2.24) is 9.88 Å². The predicted molar refractivity (Wildman–Crippen MR) is 101 cm³/mol. The summed E-state index contributed by atoms with van der Waals surface area (Å²) in [5.41, 5.74) is -0.0977. The molecule has 30 heavy (non-hydrogen) atoms. The Balaban J connectivity index is 1.62. The highest BCUT2D eigenvalue weighted by molar-refractivity contribution is 7.90. The highest BCUT2D eigenvalue weighted by Crippen LogP contribution is 2.34. The van der Waals surface area contributed by atoms with Crippen molar-refractivity contribution in [3.05, 3.63) is 52.8 Å². The van der Waals surface area contributed by atoms with Gasteiger partial charge in [-0.2, -0.15) is 13.2 Å². The molecule has 0 spiro atoms. The van der Waals surface area contributed by atoms with Crippen LogP contribution in [-0.2, 0) is 29.1 Å². The summed E-state index contributed by atoms with van der Waals surface area (Å²) >= 11 is 0. The average molecular weight is 440 g/mol. The van der Waals surface area contributed by atoms with E-state index in [2.05, 4.69) is 4.98 Å². The maximum atomic E-state index is 13.2. The number of fused-ring (bicyclic) bond motifs is 1. The molecule has 1 aliphatic heterocycles. The number of carbonyl (C=O) groups excluding carboxylic acids is 1. The molecule has 1 aromatic heterocycles. The molecule has 0 unspecified atom stereocenters. The number of pyridine rings is 1. The van der Waals surface area contributed by atoms with Crippen LogP contribution in [0.5, 0.6) is 5.75 Å². The number of nitrogens with zero attached hydrogens (tertiary/aromatic N) is 2. The lowest BCUT2D eigenvalue weighted by molar-refractivity contribution is -0.137. The Bertz CT molecular complexity index is 1110. The molecule has 1 aliphatic carbocycles. The van der Waals surface area contributed by atoms with Crippen molar-refractivity contribution in [3.63, 3.8) is 0 Å². The van der Waals surface area contributed by atoms with Crippen LogP contribution in [0.2, 0.25) is 0 Å². The fourth-order valence-electron chi connectivity index (χ4n) is 3.25. The monoisotopic (exact) mass is 440 g/mol. The molecular formula is C20H19F3N2O4S. The van der Waals surface area contributed by atoms with E-state index in [4.69, 9.17) is 4.74 Å². The highest BCUT2D eigenvalue weighted by Gasteiger charge is 2.34. The molecule has 0 saturated heterocycles. The fourth-order valence-corrected chi connectivity index (χ4v) is 3.90. The number of carbonyl (C=O) groups is 1. The minimum atomic E-state index is -4.52. The molecule has 1 amide bonds. The quantitative estimate of drug-likeness (QED) is 0.712. The van der Waals surface area contributed by atoms with Gasteiger partial charge in [-0.1, -0.05) is 0 Å². The van der Waals surface area contributed by atoms with E-state index in [-0.39, 0.29) is 29.3 Å². The normalized spacial score (nSPS) is 16.5. The zero-order valence-corrected chi connectivity index (χ0v) is 16.9. The fraction of sp³-hybridized carbons (Fsp3) is 0.400.